The molecule has 5 rings (SSSR count). The van der Waals surface area contributed by atoms with Crippen LogP contribution in [-0.4, -0.2) is 0 Å². The Kier molecular flexibility index (Phi) is 7.37. The van der Waals surface area contributed by atoms with Crippen molar-refractivity contribution < 1.29 is 13.2 Å². The standard InChI is InChI=1S/C31H39F3/c1-2-3-4-5-20-6-8-21(9-7-20)22-10-11-24-17-25(13-12-23(24)16-22)26-14-15-28-27(18-26)19-29(32)31(34)30(28)33/h2-3,14-15,18-25H,4-13,16-17H2,1H3/b3-2+. The van der Waals surface area contributed by atoms with E-state index in [0.29, 0.717) is 11.3 Å². The van der Waals surface area contributed by atoms with Crippen molar-refractivity contribution in [1.82, 2.24) is 0 Å². The first kappa shape index (κ1) is 23.9. The van der Waals surface area contributed by atoms with Gasteiger partial charge in [0, 0.05) is 5.39 Å². The summed E-state index contributed by atoms with van der Waals surface area (Å²) in [5, 5.41) is 0.648. The van der Waals surface area contributed by atoms with E-state index in [2.05, 4.69) is 19.1 Å². The Labute approximate surface area is 203 Å². The van der Waals surface area contributed by atoms with Crippen molar-refractivity contribution in [3.63, 3.8) is 0 Å². The molecule has 0 bridgehead atoms. The Balaban J connectivity index is 1.17. The van der Waals surface area contributed by atoms with E-state index in [1.807, 2.05) is 12.1 Å². The third kappa shape index (κ3) is 4.95. The number of fused-ring (bicyclic) bond motifs is 2. The SMILES string of the molecule is C/C=C/CCC1CCC(C2CCC3CC(c4ccc5c(F)c(F)c(F)cc5c4)CCC3C2)CC1. The van der Waals surface area contributed by atoms with E-state index in [9.17, 15) is 13.2 Å². The molecule has 0 spiro atoms. The highest BCUT2D eigenvalue weighted by Gasteiger charge is 2.39. The van der Waals surface area contributed by atoms with Crippen molar-refractivity contribution in [2.45, 2.75) is 89.9 Å². The van der Waals surface area contributed by atoms with Crippen LogP contribution in [0.15, 0.2) is 36.4 Å². The Morgan fingerprint density at radius 1 is 0.765 bits per heavy atom. The van der Waals surface area contributed by atoms with Gasteiger partial charge < -0.3 is 0 Å². The van der Waals surface area contributed by atoms with Crippen LogP contribution in [0.1, 0.15) is 95.5 Å². The third-order valence-electron chi connectivity index (χ3n) is 9.66. The lowest BCUT2D eigenvalue weighted by Gasteiger charge is -2.45. The van der Waals surface area contributed by atoms with Gasteiger partial charge in [-0.15, -0.1) is 0 Å². The highest BCUT2D eigenvalue weighted by atomic mass is 19.2. The summed E-state index contributed by atoms with van der Waals surface area (Å²) in [5.74, 6) is 1.35. The summed E-state index contributed by atoms with van der Waals surface area (Å²) in [6.07, 6.45) is 20.6. The van der Waals surface area contributed by atoms with E-state index in [-0.39, 0.29) is 5.39 Å². The van der Waals surface area contributed by atoms with Crippen LogP contribution in [0.25, 0.3) is 10.8 Å². The number of hydrogen-bond acceptors (Lipinski definition) is 0. The van der Waals surface area contributed by atoms with Gasteiger partial charge in [0.2, 0.25) is 0 Å². The highest BCUT2D eigenvalue weighted by molar-refractivity contribution is 5.84. The molecule has 3 saturated carbocycles. The molecule has 3 heteroatoms. The van der Waals surface area contributed by atoms with Crippen molar-refractivity contribution in [2.24, 2.45) is 29.6 Å². The Morgan fingerprint density at radius 2 is 1.44 bits per heavy atom. The van der Waals surface area contributed by atoms with Gasteiger partial charge in [-0.25, -0.2) is 13.2 Å². The predicted molar refractivity (Wildman–Crippen MR) is 134 cm³/mol. The molecule has 4 atom stereocenters. The lowest BCUT2D eigenvalue weighted by molar-refractivity contribution is 0.0713. The van der Waals surface area contributed by atoms with E-state index >= 15 is 0 Å². The minimum Gasteiger partial charge on any atom is -0.204 e. The molecule has 3 fully saturated rings. The van der Waals surface area contributed by atoms with Crippen molar-refractivity contribution in [3.05, 3.63) is 59.4 Å². The summed E-state index contributed by atoms with van der Waals surface area (Å²) in [6, 6.07) is 6.62. The molecule has 0 aliphatic heterocycles. The maximum absolute atomic E-state index is 14.1. The zero-order chi connectivity index (χ0) is 23.7. The molecule has 3 aliphatic rings. The zero-order valence-corrected chi connectivity index (χ0v) is 20.5. The summed E-state index contributed by atoms with van der Waals surface area (Å²) in [6.45, 7) is 2.12. The number of allylic oxidation sites excluding steroid dienone is 2. The summed E-state index contributed by atoms with van der Waals surface area (Å²) in [5.41, 5.74) is 1.16. The highest BCUT2D eigenvalue weighted by Crippen LogP contribution is 2.51. The minimum atomic E-state index is -1.38. The number of benzene rings is 2. The van der Waals surface area contributed by atoms with Crippen LogP contribution < -0.4 is 0 Å². The molecule has 3 aliphatic carbocycles. The molecular weight excluding hydrogens is 429 g/mol. The fourth-order valence-corrected chi connectivity index (χ4v) is 7.68. The average molecular weight is 469 g/mol. The average Bonchev–Trinajstić information content (AvgIpc) is 2.87. The summed E-state index contributed by atoms with van der Waals surface area (Å²) in [7, 11) is 0. The van der Waals surface area contributed by atoms with Crippen LogP contribution in [0.4, 0.5) is 13.2 Å². The fraction of sp³-hybridized carbons (Fsp3) is 0.613. The molecule has 0 aromatic heterocycles. The van der Waals surface area contributed by atoms with Gasteiger partial charge in [0.1, 0.15) is 0 Å². The molecule has 0 heterocycles. The Hall–Kier alpha value is -1.77. The molecule has 4 unspecified atom stereocenters. The monoisotopic (exact) mass is 468 g/mol. The minimum absolute atomic E-state index is 0.174. The topological polar surface area (TPSA) is 0 Å². The first-order valence-electron chi connectivity index (χ1n) is 13.7. The van der Waals surface area contributed by atoms with E-state index in [4.69, 9.17) is 0 Å². The quantitative estimate of drug-likeness (QED) is 0.303. The van der Waals surface area contributed by atoms with Gasteiger partial charge >= 0.3 is 0 Å². The van der Waals surface area contributed by atoms with Crippen LogP contribution in [0.5, 0.6) is 0 Å². The van der Waals surface area contributed by atoms with Crippen molar-refractivity contribution in [1.29, 1.82) is 0 Å². The van der Waals surface area contributed by atoms with Gasteiger partial charge in [0.15, 0.2) is 17.5 Å². The van der Waals surface area contributed by atoms with Gasteiger partial charge in [0.05, 0.1) is 0 Å². The van der Waals surface area contributed by atoms with E-state index in [0.717, 1.165) is 47.6 Å². The normalized spacial score (nSPS) is 32.2. The lowest BCUT2D eigenvalue weighted by Crippen LogP contribution is -2.34. The van der Waals surface area contributed by atoms with Crippen LogP contribution in [0, 0.1) is 47.0 Å². The van der Waals surface area contributed by atoms with Gasteiger partial charge in [-0.05, 0) is 124 Å². The molecular formula is C31H39F3. The zero-order valence-electron chi connectivity index (χ0n) is 20.5. The molecule has 0 saturated heterocycles. The van der Waals surface area contributed by atoms with Crippen LogP contribution in [0.2, 0.25) is 0 Å². The smallest absolute Gasteiger partial charge is 0.195 e. The molecule has 2 aromatic carbocycles. The number of hydrogen-bond donors (Lipinski definition) is 0. The first-order chi connectivity index (χ1) is 16.5. The molecule has 184 valence electrons. The molecule has 0 radical (unpaired) electrons. The number of rotatable bonds is 5. The van der Waals surface area contributed by atoms with Crippen LogP contribution in [-0.2, 0) is 0 Å². The maximum Gasteiger partial charge on any atom is 0.195 e. The number of halogens is 3. The third-order valence-corrected chi connectivity index (χ3v) is 9.66. The fourth-order valence-electron chi connectivity index (χ4n) is 7.68. The van der Waals surface area contributed by atoms with Gasteiger partial charge in [-0.2, -0.15) is 0 Å². The van der Waals surface area contributed by atoms with Crippen LogP contribution >= 0.6 is 0 Å². The molecule has 0 amide bonds. The molecule has 0 N–H and O–H groups in total. The summed E-state index contributed by atoms with van der Waals surface area (Å²) in [4.78, 5) is 0. The van der Waals surface area contributed by atoms with Crippen molar-refractivity contribution in [2.75, 3.05) is 0 Å². The predicted octanol–water partition coefficient (Wildman–Crippen LogP) is 9.72. The largest absolute Gasteiger partial charge is 0.204 e. The summed E-state index contributed by atoms with van der Waals surface area (Å²) < 4.78 is 41.5. The van der Waals surface area contributed by atoms with E-state index < -0.39 is 17.5 Å². The molecule has 0 nitrogen and oxygen atoms in total. The Morgan fingerprint density at radius 3 is 2.21 bits per heavy atom. The molecule has 2 aromatic rings. The van der Waals surface area contributed by atoms with Crippen molar-refractivity contribution >= 4 is 10.8 Å². The lowest BCUT2D eigenvalue weighted by atomic mass is 9.60. The van der Waals surface area contributed by atoms with Gasteiger partial charge in [0.25, 0.3) is 0 Å². The van der Waals surface area contributed by atoms with Gasteiger partial charge in [-0.3, -0.25) is 0 Å². The van der Waals surface area contributed by atoms with E-state index in [1.165, 1.54) is 70.6 Å². The second-order valence-corrected chi connectivity index (χ2v) is 11.5. The van der Waals surface area contributed by atoms with Crippen molar-refractivity contribution in [3.8, 4) is 0 Å². The second kappa shape index (κ2) is 10.5. The maximum atomic E-state index is 14.1. The molecule has 34 heavy (non-hydrogen) atoms. The van der Waals surface area contributed by atoms with Crippen LogP contribution in [0.3, 0.4) is 0 Å². The van der Waals surface area contributed by atoms with Gasteiger partial charge in [-0.1, -0.05) is 43.2 Å². The second-order valence-electron chi connectivity index (χ2n) is 11.5. The van der Waals surface area contributed by atoms with E-state index in [1.54, 1.807) is 6.07 Å². The first-order valence-corrected chi connectivity index (χ1v) is 13.7. The summed E-state index contributed by atoms with van der Waals surface area (Å²) >= 11 is 0. The Bertz CT molecular complexity index is 1020.